The van der Waals surface area contributed by atoms with Crippen LogP contribution in [0.15, 0.2) is 11.7 Å². The largest absolute Gasteiger partial charge is 0.340 e. The molecular weight excluding hydrogens is 258 g/mol. The van der Waals surface area contributed by atoms with E-state index >= 15 is 0 Å². The number of aromatic nitrogens is 1. The average Bonchev–Trinajstić information content (AvgIpc) is 2.89. The van der Waals surface area contributed by atoms with E-state index in [4.69, 9.17) is 0 Å². The van der Waals surface area contributed by atoms with Gasteiger partial charge in [-0.25, -0.2) is 0 Å². The van der Waals surface area contributed by atoms with Crippen molar-refractivity contribution in [2.45, 2.75) is 33.2 Å². The average molecular weight is 281 g/mol. The monoisotopic (exact) mass is 281 g/mol. The SMILES string of the molecule is CC(C)CCC(=O)N1CCN(Cc2cncs2)CC1. The lowest BCUT2D eigenvalue weighted by atomic mass is 10.1. The summed E-state index contributed by atoms with van der Waals surface area (Å²) >= 11 is 1.70. The zero-order valence-electron chi connectivity index (χ0n) is 11.8. The first-order valence-electron chi connectivity index (χ1n) is 7.02. The molecule has 1 amide bonds. The van der Waals surface area contributed by atoms with Crippen molar-refractivity contribution in [2.75, 3.05) is 26.2 Å². The number of rotatable bonds is 5. The molecule has 0 aromatic carbocycles. The highest BCUT2D eigenvalue weighted by molar-refractivity contribution is 7.09. The van der Waals surface area contributed by atoms with Crippen LogP contribution in [-0.2, 0) is 11.3 Å². The van der Waals surface area contributed by atoms with Crippen molar-refractivity contribution in [3.63, 3.8) is 0 Å². The Morgan fingerprint density at radius 2 is 2.11 bits per heavy atom. The molecule has 1 fully saturated rings. The molecular formula is C14H23N3OS. The van der Waals surface area contributed by atoms with E-state index in [1.807, 2.05) is 16.6 Å². The van der Waals surface area contributed by atoms with E-state index in [1.54, 1.807) is 11.3 Å². The summed E-state index contributed by atoms with van der Waals surface area (Å²) in [6.07, 6.45) is 3.64. The molecule has 1 aromatic heterocycles. The van der Waals surface area contributed by atoms with Crippen molar-refractivity contribution in [3.8, 4) is 0 Å². The molecule has 1 aromatic rings. The van der Waals surface area contributed by atoms with E-state index in [0.717, 1.165) is 39.1 Å². The van der Waals surface area contributed by atoms with Crippen molar-refractivity contribution in [2.24, 2.45) is 5.92 Å². The van der Waals surface area contributed by atoms with Gasteiger partial charge in [0, 0.05) is 50.2 Å². The molecule has 1 aliphatic heterocycles. The lowest BCUT2D eigenvalue weighted by Gasteiger charge is -2.34. The second-order valence-electron chi connectivity index (χ2n) is 5.56. The van der Waals surface area contributed by atoms with Gasteiger partial charge in [0.05, 0.1) is 5.51 Å². The van der Waals surface area contributed by atoms with Crippen LogP contribution in [0.4, 0.5) is 0 Å². The Balaban J connectivity index is 1.71. The third kappa shape index (κ3) is 4.58. The van der Waals surface area contributed by atoms with Crippen LogP contribution in [0, 0.1) is 5.92 Å². The van der Waals surface area contributed by atoms with Crippen molar-refractivity contribution < 1.29 is 4.79 Å². The number of hydrogen-bond acceptors (Lipinski definition) is 4. The van der Waals surface area contributed by atoms with Crippen molar-refractivity contribution in [1.29, 1.82) is 0 Å². The maximum absolute atomic E-state index is 12.0. The lowest BCUT2D eigenvalue weighted by Crippen LogP contribution is -2.48. The van der Waals surface area contributed by atoms with Gasteiger partial charge in [-0.05, 0) is 12.3 Å². The van der Waals surface area contributed by atoms with E-state index in [-0.39, 0.29) is 0 Å². The smallest absolute Gasteiger partial charge is 0.222 e. The summed E-state index contributed by atoms with van der Waals surface area (Å²) in [5, 5.41) is 0. The zero-order valence-corrected chi connectivity index (χ0v) is 12.7. The standard InChI is InChI=1S/C14H23N3OS/c1-12(2)3-4-14(18)17-7-5-16(6-8-17)10-13-9-15-11-19-13/h9,11-12H,3-8,10H2,1-2H3. The molecule has 1 saturated heterocycles. The molecule has 106 valence electrons. The quantitative estimate of drug-likeness (QED) is 0.830. The first kappa shape index (κ1) is 14.5. The first-order valence-corrected chi connectivity index (χ1v) is 7.90. The summed E-state index contributed by atoms with van der Waals surface area (Å²) in [4.78, 5) is 21.9. The molecule has 2 rings (SSSR count). The summed E-state index contributed by atoms with van der Waals surface area (Å²) in [5.74, 6) is 0.933. The minimum Gasteiger partial charge on any atom is -0.340 e. The summed E-state index contributed by atoms with van der Waals surface area (Å²) in [5.41, 5.74) is 1.88. The molecule has 0 aliphatic carbocycles. The normalized spacial score (nSPS) is 17.1. The van der Waals surface area contributed by atoms with Crippen LogP contribution < -0.4 is 0 Å². The predicted molar refractivity (Wildman–Crippen MR) is 78.0 cm³/mol. The highest BCUT2D eigenvalue weighted by atomic mass is 32.1. The molecule has 1 aliphatic rings. The Labute approximate surface area is 119 Å². The molecule has 0 unspecified atom stereocenters. The molecule has 0 radical (unpaired) electrons. The summed E-state index contributed by atoms with van der Waals surface area (Å²) in [7, 11) is 0. The maximum Gasteiger partial charge on any atom is 0.222 e. The molecule has 5 heteroatoms. The number of thiazole rings is 1. The molecule has 0 spiro atoms. The molecule has 19 heavy (non-hydrogen) atoms. The van der Waals surface area contributed by atoms with Gasteiger partial charge in [0.15, 0.2) is 0 Å². The molecule has 0 saturated carbocycles. The molecule has 2 heterocycles. The van der Waals surface area contributed by atoms with E-state index < -0.39 is 0 Å². The second kappa shape index (κ2) is 7.01. The van der Waals surface area contributed by atoms with Crippen LogP contribution in [0.25, 0.3) is 0 Å². The van der Waals surface area contributed by atoms with Gasteiger partial charge < -0.3 is 4.90 Å². The lowest BCUT2D eigenvalue weighted by molar-refractivity contribution is -0.133. The number of hydrogen-bond donors (Lipinski definition) is 0. The zero-order chi connectivity index (χ0) is 13.7. The molecule has 0 atom stereocenters. The van der Waals surface area contributed by atoms with Gasteiger partial charge in [0.25, 0.3) is 0 Å². The van der Waals surface area contributed by atoms with Gasteiger partial charge in [0.1, 0.15) is 0 Å². The van der Waals surface area contributed by atoms with Gasteiger partial charge in [0.2, 0.25) is 5.91 Å². The van der Waals surface area contributed by atoms with Crippen molar-refractivity contribution >= 4 is 17.2 Å². The fourth-order valence-corrected chi connectivity index (χ4v) is 2.90. The third-order valence-corrected chi connectivity index (χ3v) is 4.29. The van der Waals surface area contributed by atoms with E-state index in [2.05, 4.69) is 23.7 Å². The predicted octanol–water partition coefficient (Wildman–Crippen LogP) is 2.22. The minimum absolute atomic E-state index is 0.325. The molecule has 0 N–H and O–H groups in total. The fraction of sp³-hybridized carbons (Fsp3) is 0.714. The third-order valence-electron chi connectivity index (χ3n) is 3.52. The van der Waals surface area contributed by atoms with Crippen LogP contribution in [-0.4, -0.2) is 46.9 Å². The van der Waals surface area contributed by atoms with E-state index in [1.165, 1.54) is 4.88 Å². The van der Waals surface area contributed by atoms with Crippen LogP contribution in [0.5, 0.6) is 0 Å². The Kier molecular flexibility index (Phi) is 5.34. The van der Waals surface area contributed by atoms with Gasteiger partial charge in [-0.15, -0.1) is 11.3 Å². The van der Waals surface area contributed by atoms with Gasteiger partial charge in [-0.1, -0.05) is 13.8 Å². The van der Waals surface area contributed by atoms with E-state index in [9.17, 15) is 4.79 Å². The van der Waals surface area contributed by atoms with Crippen LogP contribution in [0.3, 0.4) is 0 Å². The first-order chi connectivity index (χ1) is 9.15. The Morgan fingerprint density at radius 1 is 1.37 bits per heavy atom. The van der Waals surface area contributed by atoms with Crippen LogP contribution in [0.2, 0.25) is 0 Å². The topological polar surface area (TPSA) is 36.4 Å². The van der Waals surface area contributed by atoms with Crippen molar-refractivity contribution in [1.82, 2.24) is 14.8 Å². The highest BCUT2D eigenvalue weighted by Gasteiger charge is 2.21. The number of nitrogens with zero attached hydrogens (tertiary/aromatic N) is 3. The Bertz CT molecular complexity index is 383. The highest BCUT2D eigenvalue weighted by Crippen LogP contribution is 2.13. The summed E-state index contributed by atoms with van der Waals surface area (Å²) in [6.45, 7) is 9.00. The molecule has 4 nitrogen and oxygen atoms in total. The van der Waals surface area contributed by atoms with Gasteiger partial charge in [-0.3, -0.25) is 14.7 Å². The fourth-order valence-electron chi connectivity index (χ4n) is 2.27. The number of carbonyl (C=O) groups excluding carboxylic acids is 1. The minimum atomic E-state index is 0.325. The van der Waals surface area contributed by atoms with Gasteiger partial charge in [-0.2, -0.15) is 0 Å². The maximum atomic E-state index is 12.0. The van der Waals surface area contributed by atoms with E-state index in [0.29, 0.717) is 18.2 Å². The molecule has 0 bridgehead atoms. The second-order valence-corrected chi connectivity index (χ2v) is 6.53. The van der Waals surface area contributed by atoms with Gasteiger partial charge >= 0.3 is 0 Å². The summed E-state index contributed by atoms with van der Waals surface area (Å²) < 4.78 is 0. The van der Waals surface area contributed by atoms with Crippen molar-refractivity contribution in [3.05, 3.63) is 16.6 Å². The number of piperazine rings is 1. The number of amides is 1. The summed E-state index contributed by atoms with van der Waals surface area (Å²) in [6, 6.07) is 0. The Hall–Kier alpha value is -0.940. The Morgan fingerprint density at radius 3 is 2.68 bits per heavy atom. The number of carbonyl (C=O) groups is 1. The van der Waals surface area contributed by atoms with Crippen LogP contribution >= 0.6 is 11.3 Å². The van der Waals surface area contributed by atoms with Crippen LogP contribution in [0.1, 0.15) is 31.6 Å².